The predicted octanol–water partition coefficient (Wildman–Crippen LogP) is 7.80. The molecule has 0 bridgehead atoms. The Labute approximate surface area is 230 Å². The standard InChI is InChI=1S/C19H26NO4.3C4H9.Sn/c1-18(2,3)24-17(22)20-13-7-11-19(23,12-8-14-21)16(20)15-9-5-4-6-10-15;3*1-3-4-2;/h4-6,9-10,12,16,21,23H,7,11,13-14H2,1-3H3;3*1,3-4H2,2H3;/t16-,19+;;;;/m0..../s1. The second-order valence-corrected chi connectivity index (χ2v) is 25.4. The predicted molar refractivity (Wildman–Crippen MR) is 156 cm³/mol. The summed E-state index contributed by atoms with van der Waals surface area (Å²) in [5.74, 6) is 0. The molecule has 1 heterocycles. The summed E-state index contributed by atoms with van der Waals surface area (Å²) < 4.78 is 10.6. The number of aliphatic hydroxyl groups excluding tert-OH is 1. The van der Waals surface area contributed by atoms with Crippen molar-refractivity contribution in [2.24, 2.45) is 0 Å². The first-order valence-corrected chi connectivity index (χ1v) is 22.1. The summed E-state index contributed by atoms with van der Waals surface area (Å²) in [5.41, 5.74) is -0.964. The maximum absolute atomic E-state index is 13.4. The van der Waals surface area contributed by atoms with Gasteiger partial charge in [-0.3, -0.25) is 0 Å². The van der Waals surface area contributed by atoms with Crippen molar-refractivity contribution in [1.29, 1.82) is 0 Å². The molecule has 6 heteroatoms. The molecule has 2 rings (SSSR count). The average molecular weight is 622 g/mol. The van der Waals surface area contributed by atoms with E-state index in [1.165, 1.54) is 32.6 Å². The van der Waals surface area contributed by atoms with Crippen LogP contribution in [-0.4, -0.2) is 63.9 Å². The third kappa shape index (κ3) is 8.99. The first-order chi connectivity index (χ1) is 17.6. The van der Waals surface area contributed by atoms with Gasteiger partial charge in [0, 0.05) is 0 Å². The quantitative estimate of drug-likeness (QED) is 0.221. The van der Waals surface area contributed by atoms with E-state index in [0.717, 1.165) is 28.4 Å². The van der Waals surface area contributed by atoms with E-state index < -0.39 is 41.7 Å². The number of amides is 1. The van der Waals surface area contributed by atoms with Crippen LogP contribution in [0.5, 0.6) is 0 Å². The number of ether oxygens (including phenoxy) is 1. The Morgan fingerprint density at radius 2 is 1.59 bits per heavy atom. The van der Waals surface area contributed by atoms with Gasteiger partial charge < -0.3 is 0 Å². The number of benzene rings is 1. The third-order valence-corrected chi connectivity index (χ3v) is 23.8. The summed E-state index contributed by atoms with van der Waals surface area (Å²) in [7, 11) is 0. The number of carbonyl (C=O) groups excluding carboxylic acids is 1. The van der Waals surface area contributed by atoms with Crippen molar-refractivity contribution < 1.29 is 19.7 Å². The monoisotopic (exact) mass is 623 g/mol. The molecule has 1 aliphatic heterocycles. The topological polar surface area (TPSA) is 70.0 Å². The van der Waals surface area contributed by atoms with Crippen LogP contribution in [0.25, 0.3) is 0 Å². The Kier molecular flexibility index (Phi) is 13.0. The Morgan fingerprint density at radius 1 is 1.05 bits per heavy atom. The summed E-state index contributed by atoms with van der Waals surface area (Å²) in [6.45, 7) is 12.9. The molecule has 5 nitrogen and oxygen atoms in total. The summed E-state index contributed by atoms with van der Waals surface area (Å²) in [6.07, 6.45) is 9.93. The molecule has 37 heavy (non-hydrogen) atoms. The normalized spacial score (nSPS) is 21.2. The molecule has 1 amide bonds. The fraction of sp³-hybridized carbons (Fsp3) is 0.710. The molecule has 210 valence electrons. The zero-order valence-electron chi connectivity index (χ0n) is 24.4. The molecule has 1 aromatic rings. The van der Waals surface area contributed by atoms with Gasteiger partial charge in [-0.25, -0.2) is 0 Å². The van der Waals surface area contributed by atoms with Crippen molar-refractivity contribution in [2.45, 2.75) is 123 Å². The molecule has 1 saturated heterocycles. The summed E-state index contributed by atoms with van der Waals surface area (Å²) in [4.78, 5) is 15.1. The van der Waals surface area contributed by atoms with Crippen LogP contribution in [0.4, 0.5) is 4.79 Å². The maximum atomic E-state index is 13.4. The SMILES string of the molecule is CCC[CH2][Sn]([CH2]CCC)([CH2]CCC)[C](=C[C@]1(O)CCCN(C(=O)OC(C)(C)C)[C@H]1c1ccccc1)CO. The van der Waals surface area contributed by atoms with E-state index >= 15 is 0 Å². The van der Waals surface area contributed by atoms with E-state index in [-0.39, 0.29) is 6.61 Å². The molecule has 1 fully saturated rings. The van der Waals surface area contributed by atoms with E-state index in [9.17, 15) is 15.0 Å². The molecule has 2 atom stereocenters. The number of nitrogens with zero attached hydrogens (tertiary/aromatic N) is 1. The van der Waals surface area contributed by atoms with Crippen LogP contribution in [0.15, 0.2) is 40.0 Å². The number of hydrogen-bond acceptors (Lipinski definition) is 4. The second kappa shape index (κ2) is 14.9. The van der Waals surface area contributed by atoms with E-state index in [0.29, 0.717) is 19.4 Å². The summed E-state index contributed by atoms with van der Waals surface area (Å²) in [5, 5.41) is 23.3. The van der Waals surface area contributed by atoms with E-state index in [2.05, 4.69) is 26.8 Å². The fourth-order valence-corrected chi connectivity index (χ4v) is 22.2. The molecule has 0 radical (unpaired) electrons. The zero-order chi connectivity index (χ0) is 27.5. The van der Waals surface area contributed by atoms with Gasteiger partial charge >= 0.3 is 231 Å². The molecule has 1 aliphatic rings. The van der Waals surface area contributed by atoms with Crippen molar-refractivity contribution >= 4 is 24.5 Å². The van der Waals surface area contributed by atoms with Crippen LogP contribution in [-0.2, 0) is 4.74 Å². The van der Waals surface area contributed by atoms with Crippen molar-refractivity contribution in [3.8, 4) is 0 Å². The number of likely N-dealkylation sites (tertiary alicyclic amines) is 1. The van der Waals surface area contributed by atoms with Crippen molar-refractivity contribution in [3.05, 3.63) is 45.6 Å². The Morgan fingerprint density at radius 3 is 2.05 bits per heavy atom. The Balaban J connectivity index is 2.64. The molecule has 1 aromatic carbocycles. The van der Waals surface area contributed by atoms with Crippen LogP contribution >= 0.6 is 0 Å². The Hall–Kier alpha value is -1.05. The second-order valence-electron chi connectivity index (χ2n) is 12.0. The van der Waals surface area contributed by atoms with Crippen LogP contribution in [0.3, 0.4) is 0 Å². The number of piperidine rings is 1. The first kappa shape index (κ1) is 32.2. The van der Waals surface area contributed by atoms with Crippen LogP contribution in [0, 0.1) is 0 Å². The minimum absolute atomic E-state index is 0.0173. The summed E-state index contributed by atoms with van der Waals surface area (Å²) >= 11 is -2.98. The van der Waals surface area contributed by atoms with Gasteiger partial charge in [0.05, 0.1) is 0 Å². The molecule has 0 aliphatic carbocycles. The van der Waals surface area contributed by atoms with Gasteiger partial charge in [0.15, 0.2) is 0 Å². The molecule has 2 N–H and O–H groups in total. The van der Waals surface area contributed by atoms with Gasteiger partial charge in [0.1, 0.15) is 0 Å². The summed E-state index contributed by atoms with van der Waals surface area (Å²) in [6, 6.07) is 9.31. The molecular weight excluding hydrogens is 569 g/mol. The first-order valence-electron chi connectivity index (χ1n) is 14.7. The molecule has 0 aromatic heterocycles. The van der Waals surface area contributed by atoms with Gasteiger partial charge in [0.2, 0.25) is 0 Å². The molecule has 0 spiro atoms. The molecule has 0 unspecified atom stereocenters. The van der Waals surface area contributed by atoms with Crippen molar-refractivity contribution in [2.75, 3.05) is 13.2 Å². The fourth-order valence-electron chi connectivity index (χ4n) is 5.91. The van der Waals surface area contributed by atoms with Gasteiger partial charge in [-0.15, -0.1) is 0 Å². The van der Waals surface area contributed by atoms with Gasteiger partial charge in [-0.05, 0) is 0 Å². The minimum atomic E-state index is -2.98. The zero-order valence-corrected chi connectivity index (χ0v) is 27.2. The van der Waals surface area contributed by atoms with E-state index in [1.54, 1.807) is 4.90 Å². The molecule has 0 saturated carbocycles. The van der Waals surface area contributed by atoms with Crippen LogP contribution in [0.1, 0.15) is 105 Å². The van der Waals surface area contributed by atoms with Crippen molar-refractivity contribution in [3.63, 3.8) is 0 Å². The molecular formula is C31H53NO4Sn. The van der Waals surface area contributed by atoms with Gasteiger partial charge in [-0.1, -0.05) is 0 Å². The number of rotatable bonds is 13. The number of hydrogen-bond donors (Lipinski definition) is 2. The number of aliphatic hydroxyl groups is 2. The van der Waals surface area contributed by atoms with Gasteiger partial charge in [0.25, 0.3) is 0 Å². The van der Waals surface area contributed by atoms with Gasteiger partial charge in [-0.2, -0.15) is 0 Å². The third-order valence-electron chi connectivity index (χ3n) is 7.81. The van der Waals surface area contributed by atoms with Crippen molar-refractivity contribution in [1.82, 2.24) is 4.90 Å². The number of carbonyl (C=O) groups is 1. The van der Waals surface area contributed by atoms with Crippen LogP contribution < -0.4 is 0 Å². The Bertz CT molecular complexity index is 829. The van der Waals surface area contributed by atoms with E-state index in [4.69, 9.17) is 4.74 Å². The van der Waals surface area contributed by atoms with E-state index in [1.807, 2.05) is 51.1 Å². The average Bonchev–Trinajstić information content (AvgIpc) is 2.86. The van der Waals surface area contributed by atoms with Crippen LogP contribution in [0.2, 0.25) is 13.3 Å². The number of unbranched alkanes of at least 4 members (excludes halogenated alkanes) is 3.